The molecule has 2 aliphatic rings. The lowest BCUT2D eigenvalue weighted by atomic mass is 9.91. The van der Waals surface area contributed by atoms with Crippen molar-refractivity contribution in [1.29, 1.82) is 0 Å². The van der Waals surface area contributed by atoms with Crippen LogP contribution in [0.5, 0.6) is 0 Å². The maximum absolute atomic E-state index is 12.8. The molecule has 0 radical (unpaired) electrons. The number of pyridine rings is 2. The van der Waals surface area contributed by atoms with E-state index >= 15 is 0 Å². The van der Waals surface area contributed by atoms with Gasteiger partial charge in [-0.05, 0) is 42.5 Å². The molecular formula is C26H24ClN7O3. The van der Waals surface area contributed by atoms with E-state index in [1.165, 1.54) is 18.4 Å². The molecule has 0 aromatic carbocycles. The second-order valence-electron chi connectivity index (χ2n) is 9.89. The third kappa shape index (κ3) is 4.07. The van der Waals surface area contributed by atoms with Crippen LogP contribution in [0.15, 0.2) is 55.5 Å². The Morgan fingerprint density at radius 2 is 2.08 bits per heavy atom. The van der Waals surface area contributed by atoms with E-state index in [2.05, 4.69) is 27.7 Å². The predicted octanol–water partition coefficient (Wildman–Crippen LogP) is 2.91. The molecule has 0 atom stereocenters. The lowest BCUT2D eigenvalue weighted by Crippen LogP contribution is -2.46. The fraction of sp³-hybridized carbons (Fsp3) is 0.308. The highest BCUT2D eigenvalue weighted by molar-refractivity contribution is 6.30. The maximum Gasteiger partial charge on any atom is 0.254 e. The monoisotopic (exact) mass is 517 g/mol. The number of hydrogen-bond donors (Lipinski definition) is 2. The number of imidazole rings is 2. The van der Waals surface area contributed by atoms with Gasteiger partial charge in [-0.25, -0.2) is 9.97 Å². The number of nitrogens with one attached hydrogen (secondary N) is 1. The van der Waals surface area contributed by atoms with Gasteiger partial charge in [0.15, 0.2) is 0 Å². The highest BCUT2D eigenvalue weighted by atomic mass is 35.5. The van der Waals surface area contributed by atoms with E-state index in [4.69, 9.17) is 21.3 Å². The maximum atomic E-state index is 12.8. The van der Waals surface area contributed by atoms with E-state index in [0.717, 1.165) is 28.1 Å². The van der Waals surface area contributed by atoms with Gasteiger partial charge in [0.2, 0.25) is 0 Å². The molecule has 5 aromatic heterocycles. The molecule has 0 spiro atoms. The van der Waals surface area contributed by atoms with Crippen LogP contribution in [0, 0.1) is 0 Å². The summed E-state index contributed by atoms with van der Waals surface area (Å²) in [5, 5.41) is 18.9. The Labute approximate surface area is 216 Å². The summed E-state index contributed by atoms with van der Waals surface area (Å²) in [5.74, 6) is 0.302. The summed E-state index contributed by atoms with van der Waals surface area (Å²) in [5.41, 5.74) is 4.56. The average molecular weight is 518 g/mol. The van der Waals surface area contributed by atoms with Crippen molar-refractivity contribution in [1.82, 2.24) is 33.9 Å². The topological polar surface area (TPSA) is 111 Å². The van der Waals surface area contributed by atoms with Crippen LogP contribution >= 0.6 is 11.6 Å². The van der Waals surface area contributed by atoms with Crippen molar-refractivity contribution in [2.24, 2.45) is 0 Å². The molecule has 7 rings (SSSR count). The largest absolute Gasteiger partial charge is 0.380 e. The van der Waals surface area contributed by atoms with Crippen molar-refractivity contribution in [3.8, 4) is 0 Å². The Morgan fingerprint density at radius 3 is 2.86 bits per heavy atom. The minimum absolute atomic E-state index is 0.243. The van der Waals surface area contributed by atoms with Crippen LogP contribution in [0.1, 0.15) is 51.6 Å². The molecule has 6 heterocycles. The Hall–Kier alpha value is -3.73. The minimum atomic E-state index is -1.00. The summed E-state index contributed by atoms with van der Waals surface area (Å²) in [6.45, 7) is 1.22. The van der Waals surface area contributed by atoms with Crippen LogP contribution in [0.2, 0.25) is 5.02 Å². The fourth-order valence-corrected chi connectivity index (χ4v) is 4.99. The zero-order valence-electron chi connectivity index (χ0n) is 19.8. The van der Waals surface area contributed by atoms with Gasteiger partial charge < -0.3 is 24.0 Å². The third-order valence-corrected chi connectivity index (χ3v) is 7.31. The van der Waals surface area contributed by atoms with Crippen molar-refractivity contribution < 1.29 is 14.6 Å². The first-order valence-corrected chi connectivity index (χ1v) is 12.6. The second kappa shape index (κ2) is 8.41. The first-order chi connectivity index (χ1) is 17.9. The van der Waals surface area contributed by atoms with E-state index in [9.17, 15) is 9.90 Å². The Bertz CT molecular complexity index is 1660. The minimum Gasteiger partial charge on any atom is -0.380 e. The second-order valence-corrected chi connectivity index (χ2v) is 10.3. The molecule has 1 amide bonds. The first kappa shape index (κ1) is 22.5. The van der Waals surface area contributed by atoms with Gasteiger partial charge in [-0.15, -0.1) is 0 Å². The van der Waals surface area contributed by atoms with Crippen molar-refractivity contribution >= 4 is 28.7 Å². The highest BCUT2D eigenvalue weighted by Gasteiger charge is 2.41. The molecule has 0 bridgehead atoms. The molecule has 1 aliphatic carbocycles. The summed E-state index contributed by atoms with van der Waals surface area (Å²) in [4.78, 5) is 21.9. The van der Waals surface area contributed by atoms with Gasteiger partial charge in [0.25, 0.3) is 5.91 Å². The number of fused-ring (bicyclic) bond motifs is 2. The van der Waals surface area contributed by atoms with Crippen LogP contribution in [0.25, 0.3) is 11.2 Å². The molecule has 1 saturated carbocycles. The number of nitrogens with zero attached hydrogens (tertiary/aromatic N) is 6. The molecule has 2 fully saturated rings. The number of carbonyl (C=O) groups excluding carboxylic acids is 1. The van der Waals surface area contributed by atoms with Gasteiger partial charge >= 0.3 is 0 Å². The van der Waals surface area contributed by atoms with Crippen LogP contribution < -0.4 is 5.32 Å². The van der Waals surface area contributed by atoms with Crippen LogP contribution in [-0.2, 0) is 23.4 Å². The predicted molar refractivity (Wildman–Crippen MR) is 135 cm³/mol. The lowest BCUT2D eigenvalue weighted by molar-refractivity contribution is -0.184. The van der Waals surface area contributed by atoms with Gasteiger partial charge in [0.1, 0.15) is 11.2 Å². The van der Waals surface area contributed by atoms with E-state index in [-0.39, 0.29) is 25.7 Å². The van der Waals surface area contributed by atoms with Crippen LogP contribution in [0.3, 0.4) is 0 Å². The number of halogens is 1. The standard InChI is InChI=1S/C26H24ClN7O3/c27-19-3-4-32-15-29-22(23(32)6-19)8-28-25(35)18-7-30-34(10-18)12-20-11-33-9-17(16-1-2-16)5-21(24(33)31-20)26(36)13-37-14-26/h3-7,9-11,15-16,36H,1-2,8,12-14H2,(H,28,35). The zero-order valence-corrected chi connectivity index (χ0v) is 20.6. The van der Waals surface area contributed by atoms with Crippen LogP contribution in [-0.4, -0.2) is 52.8 Å². The summed E-state index contributed by atoms with van der Waals surface area (Å²) in [6, 6.07) is 5.69. The Morgan fingerprint density at radius 1 is 1.22 bits per heavy atom. The van der Waals surface area contributed by atoms with Crippen molar-refractivity contribution in [3.05, 3.63) is 88.6 Å². The van der Waals surface area contributed by atoms with Gasteiger partial charge in [-0.2, -0.15) is 5.10 Å². The summed E-state index contributed by atoms with van der Waals surface area (Å²) < 4.78 is 10.8. The Kier molecular flexibility index (Phi) is 5.10. The van der Waals surface area contributed by atoms with Crippen LogP contribution in [0.4, 0.5) is 0 Å². The number of amides is 1. The molecule has 5 aromatic rings. The van der Waals surface area contributed by atoms with E-state index in [0.29, 0.717) is 23.0 Å². The summed E-state index contributed by atoms with van der Waals surface area (Å²) in [7, 11) is 0. The van der Waals surface area contributed by atoms with Gasteiger partial charge in [-0.1, -0.05) is 11.6 Å². The molecule has 11 heteroatoms. The number of carbonyl (C=O) groups is 1. The third-order valence-electron chi connectivity index (χ3n) is 7.07. The summed E-state index contributed by atoms with van der Waals surface area (Å²) >= 11 is 6.10. The first-order valence-electron chi connectivity index (χ1n) is 12.2. The SMILES string of the molecule is O=C(NCc1ncn2ccc(Cl)cc12)c1cnn(Cc2cn3cc(C4CC4)cc(C4(O)COC4)c3n2)c1. The molecule has 10 nitrogen and oxygen atoms in total. The molecule has 2 N–H and O–H groups in total. The van der Waals surface area contributed by atoms with E-state index in [1.54, 1.807) is 29.5 Å². The fourth-order valence-electron chi connectivity index (χ4n) is 4.83. The van der Waals surface area contributed by atoms with Crippen molar-refractivity contribution in [2.45, 2.75) is 37.5 Å². The van der Waals surface area contributed by atoms with Gasteiger partial charge in [-0.3, -0.25) is 9.48 Å². The number of rotatable bonds is 7. The van der Waals surface area contributed by atoms with Gasteiger partial charge in [0.05, 0.1) is 61.3 Å². The molecule has 1 aliphatic heterocycles. The molecular weight excluding hydrogens is 494 g/mol. The average Bonchev–Trinajstić information content (AvgIpc) is 3.28. The van der Waals surface area contributed by atoms with Crippen molar-refractivity contribution in [2.75, 3.05) is 13.2 Å². The molecule has 0 unspecified atom stereocenters. The smallest absolute Gasteiger partial charge is 0.254 e. The number of hydrogen-bond acceptors (Lipinski definition) is 6. The van der Waals surface area contributed by atoms with Crippen molar-refractivity contribution in [3.63, 3.8) is 0 Å². The van der Waals surface area contributed by atoms with Gasteiger partial charge in [0, 0.05) is 35.4 Å². The number of aromatic nitrogens is 6. The normalized spacial score (nSPS) is 16.8. The summed E-state index contributed by atoms with van der Waals surface area (Å²) in [6.07, 6.45) is 13.2. The molecule has 188 valence electrons. The molecule has 1 saturated heterocycles. The Balaban J connectivity index is 1.09. The number of aliphatic hydroxyl groups is 1. The number of ether oxygens (including phenoxy) is 1. The van der Waals surface area contributed by atoms with E-state index in [1.807, 2.05) is 27.3 Å². The quantitative estimate of drug-likeness (QED) is 0.343. The zero-order chi connectivity index (χ0) is 25.1. The molecule has 37 heavy (non-hydrogen) atoms. The highest BCUT2D eigenvalue weighted by Crippen LogP contribution is 2.42. The lowest BCUT2D eigenvalue weighted by Gasteiger charge is -2.37. The van der Waals surface area contributed by atoms with E-state index < -0.39 is 5.60 Å².